The zero-order chi connectivity index (χ0) is 22.9. The third-order valence-electron chi connectivity index (χ3n) is 5.46. The first kappa shape index (κ1) is 26.6. The molecular weight excluding hydrogens is 535 g/mol. The summed E-state index contributed by atoms with van der Waals surface area (Å²) in [4.78, 5) is 19.1. The first-order valence-electron chi connectivity index (χ1n) is 10.9. The first-order chi connectivity index (χ1) is 15.5. The van der Waals surface area contributed by atoms with Crippen molar-refractivity contribution in [1.82, 2.24) is 15.5 Å². The van der Waals surface area contributed by atoms with Gasteiger partial charge >= 0.3 is 0 Å². The first-order valence-corrected chi connectivity index (χ1v) is 10.9. The maximum atomic E-state index is 12.2. The average molecular weight is 568 g/mol. The molecule has 2 aromatic carbocycles. The Labute approximate surface area is 212 Å². The van der Waals surface area contributed by atoms with Gasteiger partial charge in [0.1, 0.15) is 17.2 Å². The number of carbonyl (C=O) groups excluding carboxylic acids is 1. The van der Waals surface area contributed by atoms with E-state index in [0.29, 0.717) is 24.6 Å². The Kier molecular flexibility index (Phi) is 10.6. The van der Waals surface area contributed by atoms with Crippen LogP contribution in [0.25, 0.3) is 0 Å². The molecule has 180 valence electrons. The number of methoxy groups -OCH3 is 2. The molecule has 1 saturated heterocycles. The molecule has 0 bridgehead atoms. The van der Waals surface area contributed by atoms with Gasteiger partial charge in [-0.2, -0.15) is 0 Å². The number of halogens is 1. The van der Waals surface area contributed by atoms with Crippen molar-refractivity contribution < 1.29 is 19.4 Å². The van der Waals surface area contributed by atoms with E-state index in [9.17, 15) is 9.90 Å². The molecule has 8 nitrogen and oxygen atoms in total. The van der Waals surface area contributed by atoms with Gasteiger partial charge in [0.25, 0.3) is 5.91 Å². The molecule has 1 heterocycles. The summed E-state index contributed by atoms with van der Waals surface area (Å²) >= 11 is 0. The Hall–Kier alpha value is -2.69. The molecule has 0 radical (unpaired) electrons. The number of phenolic OH excluding ortho intramolecular Hbond substituents is 1. The minimum Gasteiger partial charge on any atom is -0.508 e. The monoisotopic (exact) mass is 568 g/mol. The summed E-state index contributed by atoms with van der Waals surface area (Å²) < 4.78 is 10.8. The highest BCUT2D eigenvalue weighted by Gasteiger charge is 2.27. The molecule has 1 fully saturated rings. The summed E-state index contributed by atoms with van der Waals surface area (Å²) in [7, 11) is 3.33. The van der Waals surface area contributed by atoms with Crippen LogP contribution in [-0.4, -0.2) is 68.8 Å². The maximum Gasteiger partial charge on any atom is 0.251 e. The minimum atomic E-state index is -0.182. The second-order valence-electron chi connectivity index (χ2n) is 7.62. The van der Waals surface area contributed by atoms with Crippen molar-refractivity contribution in [2.45, 2.75) is 19.3 Å². The van der Waals surface area contributed by atoms with Gasteiger partial charge in [0, 0.05) is 43.7 Å². The Balaban J connectivity index is 0.00000385. The molecule has 1 aliphatic rings. The van der Waals surface area contributed by atoms with E-state index in [2.05, 4.69) is 27.7 Å². The van der Waals surface area contributed by atoms with E-state index in [4.69, 9.17) is 14.5 Å². The third-order valence-corrected chi connectivity index (χ3v) is 5.46. The molecule has 1 amide bonds. The van der Waals surface area contributed by atoms with Gasteiger partial charge in [-0.1, -0.05) is 0 Å². The van der Waals surface area contributed by atoms with Crippen molar-refractivity contribution >= 4 is 35.8 Å². The quantitative estimate of drug-likeness (QED) is 0.196. The van der Waals surface area contributed by atoms with Crippen LogP contribution in [-0.2, 0) is 0 Å². The van der Waals surface area contributed by atoms with Crippen LogP contribution in [0.5, 0.6) is 17.2 Å². The molecule has 9 heteroatoms. The Morgan fingerprint density at radius 1 is 1.12 bits per heavy atom. The van der Waals surface area contributed by atoms with Gasteiger partial charge in [0.15, 0.2) is 5.96 Å². The van der Waals surface area contributed by atoms with Gasteiger partial charge in [-0.15, -0.1) is 24.0 Å². The topological polar surface area (TPSA) is 95.4 Å². The van der Waals surface area contributed by atoms with Gasteiger partial charge in [0.2, 0.25) is 0 Å². The fraction of sp³-hybridized carbons (Fsp3) is 0.417. The number of guanidine groups is 1. The number of hydrogen-bond acceptors (Lipinski definition) is 5. The molecule has 33 heavy (non-hydrogen) atoms. The smallest absolute Gasteiger partial charge is 0.251 e. The standard InChI is InChI=1S/C24H32N4O4.HI/c1-4-25-24(27-11-10-26-23(30)17-5-7-20(29)8-6-17)28-12-9-18(16-28)19-13-21(31-2)15-22(14-19)32-3;/h5-8,13-15,18,29H,4,9-12,16H2,1-3H3,(H,25,27)(H,26,30);1H. The molecule has 1 atom stereocenters. The van der Waals surface area contributed by atoms with E-state index in [1.165, 1.54) is 17.7 Å². The summed E-state index contributed by atoms with van der Waals surface area (Å²) in [6, 6.07) is 12.2. The number of rotatable bonds is 8. The van der Waals surface area contributed by atoms with Crippen LogP contribution in [0.4, 0.5) is 0 Å². The van der Waals surface area contributed by atoms with E-state index >= 15 is 0 Å². The minimum absolute atomic E-state index is 0. The summed E-state index contributed by atoms with van der Waals surface area (Å²) in [6.45, 7) is 5.46. The van der Waals surface area contributed by atoms with Crippen LogP contribution in [0.15, 0.2) is 47.5 Å². The van der Waals surface area contributed by atoms with Crippen molar-refractivity contribution in [2.75, 3.05) is 46.9 Å². The normalized spacial score (nSPS) is 15.5. The number of aliphatic imine (C=N–C) groups is 1. The number of ether oxygens (including phenoxy) is 2. The average Bonchev–Trinajstić information content (AvgIpc) is 3.31. The molecule has 0 aliphatic carbocycles. The lowest BCUT2D eigenvalue weighted by Gasteiger charge is -2.22. The molecule has 0 spiro atoms. The molecule has 0 aromatic heterocycles. The highest BCUT2D eigenvalue weighted by Crippen LogP contribution is 2.32. The molecular formula is C24H33IN4O4. The Bertz CT molecular complexity index is 914. The molecule has 1 aliphatic heterocycles. The van der Waals surface area contributed by atoms with Crippen molar-refractivity contribution in [1.29, 1.82) is 0 Å². The van der Waals surface area contributed by atoms with E-state index < -0.39 is 0 Å². The van der Waals surface area contributed by atoms with Crippen LogP contribution < -0.4 is 20.1 Å². The largest absolute Gasteiger partial charge is 0.508 e. The van der Waals surface area contributed by atoms with Crippen LogP contribution >= 0.6 is 24.0 Å². The van der Waals surface area contributed by atoms with Crippen molar-refractivity contribution in [3.05, 3.63) is 53.6 Å². The van der Waals surface area contributed by atoms with Gasteiger partial charge in [-0.3, -0.25) is 9.79 Å². The summed E-state index contributed by atoms with van der Waals surface area (Å²) in [5.41, 5.74) is 1.70. The van der Waals surface area contributed by atoms with Gasteiger partial charge in [0.05, 0.1) is 20.8 Å². The fourth-order valence-electron chi connectivity index (χ4n) is 3.76. The number of nitrogens with zero attached hydrogens (tertiary/aromatic N) is 2. The number of nitrogens with one attached hydrogen (secondary N) is 2. The number of carbonyl (C=O) groups is 1. The number of likely N-dealkylation sites (tertiary alicyclic amines) is 1. The second kappa shape index (κ2) is 13.1. The number of phenols is 1. The van der Waals surface area contributed by atoms with Gasteiger partial charge < -0.3 is 30.1 Å². The van der Waals surface area contributed by atoms with Crippen LogP contribution in [0.1, 0.15) is 35.2 Å². The fourth-order valence-corrected chi connectivity index (χ4v) is 3.76. The predicted octanol–water partition coefficient (Wildman–Crippen LogP) is 3.21. The molecule has 1 unspecified atom stereocenters. The van der Waals surface area contributed by atoms with E-state index in [1.54, 1.807) is 26.4 Å². The number of benzene rings is 2. The van der Waals surface area contributed by atoms with E-state index in [0.717, 1.165) is 43.5 Å². The van der Waals surface area contributed by atoms with Crippen LogP contribution in [0.2, 0.25) is 0 Å². The molecule has 3 rings (SSSR count). The molecule has 2 aromatic rings. The Morgan fingerprint density at radius 3 is 2.39 bits per heavy atom. The maximum absolute atomic E-state index is 12.2. The zero-order valence-corrected chi connectivity index (χ0v) is 21.7. The van der Waals surface area contributed by atoms with Crippen LogP contribution in [0.3, 0.4) is 0 Å². The lowest BCUT2D eigenvalue weighted by Crippen LogP contribution is -2.40. The summed E-state index contributed by atoms with van der Waals surface area (Å²) in [5, 5.41) is 15.6. The van der Waals surface area contributed by atoms with E-state index in [1.807, 2.05) is 13.0 Å². The predicted molar refractivity (Wildman–Crippen MR) is 140 cm³/mol. The lowest BCUT2D eigenvalue weighted by atomic mass is 9.98. The summed E-state index contributed by atoms with van der Waals surface area (Å²) in [6.07, 6.45) is 1.01. The van der Waals surface area contributed by atoms with Crippen LogP contribution in [0, 0.1) is 0 Å². The molecule has 0 saturated carbocycles. The van der Waals surface area contributed by atoms with Gasteiger partial charge in [-0.25, -0.2) is 0 Å². The van der Waals surface area contributed by atoms with Gasteiger partial charge in [-0.05, 0) is 55.3 Å². The van der Waals surface area contributed by atoms with E-state index in [-0.39, 0.29) is 35.6 Å². The summed E-state index contributed by atoms with van der Waals surface area (Å²) in [5.74, 6) is 2.75. The highest BCUT2D eigenvalue weighted by atomic mass is 127. The van der Waals surface area contributed by atoms with Crippen molar-refractivity contribution in [3.8, 4) is 17.2 Å². The SMILES string of the molecule is CCNC(=NCCNC(=O)c1ccc(O)cc1)N1CCC(c2cc(OC)cc(OC)c2)C1.I. The zero-order valence-electron chi connectivity index (χ0n) is 19.3. The number of hydrogen-bond donors (Lipinski definition) is 3. The number of amides is 1. The third kappa shape index (κ3) is 7.41. The van der Waals surface area contributed by atoms with Crippen molar-refractivity contribution in [2.24, 2.45) is 4.99 Å². The Morgan fingerprint density at radius 2 is 1.79 bits per heavy atom. The lowest BCUT2D eigenvalue weighted by molar-refractivity contribution is 0.0954. The second-order valence-corrected chi connectivity index (χ2v) is 7.62. The number of aromatic hydroxyl groups is 1. The molecule has 3 N–H and O–H groups in total. The highest BCUT2D eigenvalue weighted by molar-refractivity contribution is 14.0. The van der Waals surface area contributed by atoms with Crippen molar-refractivity contribution in [3.63, 3.8) is 0 Å².